The lowest BCUT2D eigenvalue weighted by atomic mass is 10.1. The van der Waals surface area contributed by atoms with Crippen LogP contribution in [0.25, 0.3) is 16.9 Å². The summed E-state index contributed by atoms with van der Waals surface area (Å²) < 4.78 is 56.0. The van der Waals surface area contributed by atoms with Crippen molar-refractivity contribution in [3.05, 3.63) is 81.1 Å². The Morgan fingerprint density at radius 3 is 2.50 bits per heavy atom. The van der Waals surface area contributed by atoms with E-state index >= 15 is 0 Å². The maximum Gasteiger partial charge on any atom is 0.416 e. The first-order valence-electron chi connectivity index (χ1n) is 10.5. The molecule has 0 radical (unpaired) electrons. The average Bonchev–Trinajstić information content (AvgIpc) is 3.54. The lowest BCUT2D eigenvalue weighted by Gasteiger charge is -2.13. The van der Waals surface area contributed by atoms with Gasteiger partial charge in [0.25, 0.3) is 5.56 Å². The zero-order valence-electron chi connectivity index (χ0n) is 17.5. The first-order valence-corrected chi connectivity index (χ1v) is 11.8. The molecule has 1 aliphatic carbocycles. The minimum atomic E-state index is -4.60. The van der Waals surface area contributed by atoms with Crippen LogP contribution >= 0.6 is 23.4 Å². The average molecular weight is 509 g/mol. The number of imidazole rings is 1. The molecule has 0 unspecified atom stereocenters. The molecule has 1 fully saturated rings. The Morgan fingerprint density at radius 2 is 1.85 bits per heavy atom. The Hall–Kier alpha value is -2.85. The number of fused-ring (bicyclic) bond motifs is 1. The lowest BCUT2D eigenvalue weighted by molar-refractivity contribution is -0.137. The number of rotatable bonds is 6. The molecular weight excluding hydrogens is 492 g/mol. The van der Waals surface area contributed by atoms with Gasteiger partial charge >= 0.3 is 6.18 Å². The summed E-state index contributed by atoms with van der Waals surface area (Å²) in [6.45, 7) is 0. The van der Waals surface area contributed by atoms with Crippen molar-refractivity contribution in [2.24, 2.45) is 0 Å². The molecule has 176 valence electrons. The molecule has 0 saturated heterocycles. The summed E-state index contributed by atoms with van der Waals surface area (Å²) in [6, 6.07) is 9.47. The van der Waals surface area contributed by atoms with Crippen LogP contribution in [0.4, 0.5) is 17.6 Å². The number of hydrogen-bond donors (Lipinski definition) is 0. The normalized spacial score (nSPS) is 14.1. The van der Waals surface area contributed by atoms with Crippen molar-refractivity contribution in [2.75, 3.05) is 5.75 Å². The Labute approximate surface area is 200 Å². The number of alkyl halides is 3. The maximum absolute atomic E-state index is 14.3. The van der Waals surface area contributed by atoms with Gasteiger partial charge in [0.15, 0.2) is 16.3 Å². The molecule has 0 bridgehead atoms. The van der Waals surface area contributed by atoms with E-state index in [2.05, 4.69) is 4.98 Å². The summed E-state index contributed by atoms with van der Waals surface area (Å²) in [5.41, 5.74) is 0.0762. The predicted molar refractivity (Wildman–Crippen MR) is 122 cm³/mol. The minimum Gasteiger partial charge on any atom is -0.312 e. The van der Waals surface area contributed by atoms with Crippen LogP contribution in [0.2, 0.25) is 5.02 Å². The van der Waals surface area contributed by atoms with E-state index < -0.39 is 17.6 Å². The minimum absolute atomic E-state index is 0.157. The van der Waals surface area contributed by atoms with Crippen molar-refractivity contribution in [2.45, 2.75) is 36.6 Å². The quantitative estimate of drug-likeness (QED) is 0.180. The van der Waals surface area contributed by atoms with E-state index in [4.69, 9.17) is 16.6 Å². The van der Waals surface area contributed by atoms with Gasteiger partial charge in [0.05, 0.1) is 17.6 Å². The van der Waals surface area contributed by atoms with Crippen molar-refractivity contribution < 1.29 is 17.6 Å². The van der Waals surface area contributed by atoms with Gasteiger partial charge in [-0.3, -0.25) is 9.36 Å². The third kappa shape index (κ3) is 4.44. The van der Waals surface area contributed by atoms with Crippen LogP contribution in [-0.2, 0) is 12.6 Å². The molecule has 5 rings (SSSR count). The van der Waals surface area contributed by atoms with E-state index in [1.165, 1.54) is 16.3 Å². The molecule has 2 aromatic heterocycles. The third-order valence-corrected chi connectivity index (χ3v) is 6.77. The standard InChI is InChI=1S/C23H17ClF4N4OS/c24-15-3-5-17(6-4-15)32-21(33)19-20(31(12-29-19)16-7-8-16)30-22(32)34-10-9-13-1-2-14(11-18(13)25)23(26,27)28/h1-6,11-12,16H,7-10H2. The van der Waals surface area contributed by atoms with Crippen LogP contribution < -0.4 is 5.56 Å². The van der Waals surface area contributed by atoms with Gasteiger partial charge in [-0.05, 0) is 61.2 Å². The molecule has 34 heavy (non-hydrogen) atoms. The number of benzene rings is 2. The summed E-state index contributed by atoms with van der Waals surface area (Å²) >= 11 is 7.22. The molecule has 2 heterocycles. The van der Waals surface area contributed by atoms with Crippen molar-refractivity contribution >= 4 is 34.5 Å². The molecule has 5 nitrogen and oxygen atoms in total. The van der Waals surface area contributed by atoms with Gasteiger partial charge in [-0.2, -0.15) is 13.2 Å². The van der Waals surface area contributed by atoms with Crippen molar-refractivity contribution in [3.8, 4) is 5.69 Å². The number of halogens is 5. The van der Waals surface area contributed by atoms with Gasteiger partial charge in [-0.15, -0.1) is 0 Å². The van der Waals surface area contributed by atoms with E-state index in [0.29, 0.717) is 33.3 Å². The molecule has 0 atom stereocenters. The second-order valence-corrected chi connectivity index (χ2v) is 9.47. The summed E-state index contributed by atoms with van der Waals surface area (Å²) in [4.78, 5) is 22.3. The number of aryl methyl sites for hydroxylation is 1. The molecule has 0 aliphatic heterocycles. The van der Waals surface area contributed by atoms with E-state index in [9.17, 15) is 22.4 Å². The first-order chi connectivity index (χ1) is 16.2. The molecule has 0 amide bonds. The summed E-state index contributed by atoms with van der Waals surface area (Å²) in [5.74, 6) is -0.619. The van der Waals surface area contributed by atoms with Crippen LogP contribution in [0.5, 0.6) is 0 Å². The van der Waals surface area contributed by atoms with Gasteiger partial charge in [-0.25, -0.2) is 14.4 Å². The smallest absolute Gasteiger partial charge is 0.312 e. The molecule has 1 aliphatic rings. The zero-order chi connectivity index (χ0) is 24.0. The van der Waals surface area contributed by atoms with Crippen LogP contribution in [0.1, 0.15) is 30.0 Å². The predicted octanol–water partition coefficient (Wildman–Crippen LogP) is 6.06. The molecular formula is C23H17ClF4N4OS. The lowest BCUT2D eigenvalue weighted by Crippen LogP contribution is -2.22. The van der Waals surface area contributed by atoms with Crippen molar-refractivity contribution in [3.63, 3.8) is 0 Å². The monoisotopic (exact) mass is 508 g/mol. The van der Waals surface area contributed by atoms with Crippen LogP contribution in [-0.4, -0.2) is 24.9 Å². The fourth-order valence-electron chi connectivity index (χ4n) is 3.66. The number of thioether (sulfide) groups is 1. The molecule has 11 heteroatoms. The molecule has 1 saturated carbocycles. The van der Waals surface area contributed by atoms with Gasteiger partial charge < -0.3 is 4.57 Å². The molecule has 0 N–H and O–H groups in total. The Morgan fingerprint density at radius 1 is 1.12 bits per heavy atom. The zero-order valence-corrected chi connectivity index (χ0v) is 19.1. The topological polar surface area (TPSA) is 52.7 Å². The van der Waals surface area contributed by atoms with E-state index in [0.717, 1.165) is 25.0 Å². The fourth-order valence-corrected chi connectivity index (χ4v) is 4.76. The maximum atomic E-state index is 14.3. The Balaban J connectivity index is 1.48. The van der Waals surface area contributed by atoms with Gasteiger partial charge in [0.1, 0.15) is 5.82 Å². The summed E-state index contributed by atoms with van der Waals surface area (Å²) in [5, 5.41) is 0.894. The van der Waals surface area contributed by atoms with Crippen LogP contribution in [0.15, 0.2) is 58.7 Å². The Bertz CT molecular complexity index is 1430. The number of aromatic nitrogens is 4. The summed E-state index contributed by atoms with van der Waals surface area (Å²) in [6.07, 6.45) is -0.848. The second-order valence-electron chi connectivity index (χ2n) is 7.97. The highest BCUT2D eigenvalue weighted by atomic mass is 35.5. The van der Waals surface area contributed by atoms with Gasteiger partial charge in [0, 0.05) is 16.8 Å². The largest absolute Gasteiger partial charge is 0.416 e. The highest BCUT2D eigenvalue weighted by Gasteiger charge is 2.31. The first kappa shape index (κ1) is 22.9. The third-order valence-electron chi connectivity index (χ3n) is 5.57. The highest BCUT2D eigenvalue weighted by Crippen LogP contribution is 2.37. The van der Waals surface area contributed by atoms with Crippen LogP contribution in [0.3, 0.4) is 0 Å². The van der Waals surface area contributed by atoms with E-state index in [1.54, 1.807) is 30.6 Å². The van der Waals surface area contributed by atoms with Gasteiger partial charge in [-0.1, -0.05) is 29.4 Å². The SMILES string of the molecule is O=c1c2ncn(C3CC3)c2nc(SCCc2ccc(C(F)(F)F)cc2F)n1-c1ccc(Cl)cc1. The molecule has 0 spiro atoms. The van der Waals surface area contributed by atoms with E-state index in [1.807, 2.05) is 4.57 Å². The number of nitrogens with zero attached hydrogens (tertiary/aromatic N) is 4. The fraction of sp³-hybridized carbons (Fsp3) is 0.261. The second kappa shape index (κ2) is 8.74. The molecule has 4 aromatic rings. The highest BCUT2D eigenvalue weighted by molar-refractivity contribution is 7.99. The number of hydrogen-bond acceptors (Lipinski definition) is 4. The Kier molecular flexibility index (Phi) is 5.89. The molecule has 2 aromatic carbocycles. The van der Waals surface area contributed by atoms with Crippen molar-refractivity contribution in [1.29, 1.82) is 0 Å². The van der Waals surface area contributed by atoms with Gasteiger partial charge in [0.2, 0.25) is 0 Å². The summed E-state index contributed by atoms with van der Waals surface area (Å²) in [7, 11) is 0. The van der Waals surface area contributed by atoms with E-state index in [-0.39, 0.29) is 29.1 Å². The van der Waals surface area contributed by atoms with Crippen molar-refractivity contribution in [1.82, 2.24) is 19.1 Å². The van der Waals surface area contributed by atoms with Crippen LogP contribution in [0, 0.1) is 5.82 Å².